The minimum atomic E-state index is -0.352. The molecule has 0 spiro atoms. The van der Waals surface area contributed by atoms with Crippen molar-refractivity contribution in [2.24, 2.45) is 0 Å². The van der Waals surface area contributed by atoms with Crippen molar-refractivity contribution in [2.45, 2.75) is 43.6 Å². The SMILES string of the molecule is O=CC(c1ccc(Cl)c(Cl)c1)N1CCN(Cc2ccccc2)C2COCC(N3CCCC3)C21. The van der Waals surface area contributed by atoms with Gasteiger partial charge in [0.25, 0.3) is 0 Å². The Kier molecular flexibility index (Phi) is 7.36. The van der Waals surface area contributed by atoms with E-state index in [4.69, 9.17) is 27.9 Å². The molecule has 3 aliphatic heterocycles. The Bertz CT molecular complexity index is 954. The van der Waals surface area contributed by atoms with Gasteiger partial charge >= 0.3 is 0 Å². The molecule has 4 atom stereocenters. The molecule has 176 valence electrons. The van der Waals surface area contributed by atoms with Gasteiger partial charge in [0.05, 0.1) is 41.4 Å². The summed E-state index contributed by atoms with van der Waals surface area (Å²) in [6, 6.07) is 16.6. The quantitative estimate of drug-likeness (QED) is 0.568. The van der Waals surface area contributed by atoms with E-state index in [9.17, 15) is 4.79 Å². The molecule has 3 heterocycles. The van der Waals surface area contributed by atoms with E-state index in [1.165, 1.54) is 18.4 Å². The van der Waals surface area contributed by atoms with Crippen LogP contribution in [0.25, 0.3) is 0 Å². The lowest BCUT2D eigenvalue weighted by Crippen LogP contribution is -2.70. The molecule has 5 rings (SSSR count). The molecule has 7 heteroatoms. The molecule has 3 saturated heterocycles. The highest BCUT2D eigenvalue weighted by Gasteiger charge is 2.48. The van der Waals surface area contributed by atoms with Gasteiger partial charge < -0.3 is 9.53 Å². The van der Waals surface area contributed by atoms with Crippen LogP contribution in [0.4, 0.5) is 0 Å². The Morgan fingerprint density at radius 3 is 2.42 bits per heavy atom. The first kappa shape index (κ1) is 23.3. The van der Waals surface area contributed by atoms with E-state index >= 15 is 0 Å². The van der Waals surface area contributed by atoms with Gasteiger partial charge in [-0.25, -0.2) is 0 Å². The summed E-state index contributed by atoms with van der Waals surface area (Å²) >= 11 is 12.5. The van der Waals surface area contributed by atoms with E-state index in [0.29, 0.717) is 23.3 Å². The first-order chi connectivity index (χ1) is 16.2. The number of likely N-dealkylation sites (tertiary alicyclic amines) is 1. The van der Waals surface area contributed by atoms with E-state index in [-0.39, 0.29) is 24.2 Å². The number of halogens is 2. The number of fused-ring (bicyclic) bond motifs is 1. The third-order valence-corrected chi connectivity index (χ3v) is 8.21. The smallest absolute Gasteiger partial charge is 0.141 e. The third-order valence-electron chi connectivity index (χ3n) is 7.47. The lowest BCUT2D eigenvalue weighted by Gasteiger charge is -2.55. The van der Waals surface area contributed by atoms with Gasteiger partial charge in [0.15, 0.2) is 0 Å². The second kappa shape index (κ2) is 10.4. The van der Waals surface area contributed by atoms with E-state index in [2.05, 4.69) is 45.0 Å². The molecule has 2 aromatic carbocycles. The first-order valence-corrected chi connectivity index (χ1v) is 12.7. The highest BCUT2D eigenvalue weighted by Crippen LogP contribution is 2.36. The molecule has 3 aliphatic rings. The second-order valence-corrected chi connectivity index (χ2v) is 10.2. The van der Waals surface area contributed by atoms with Gasteiger partial charge in [0.2, 0.25) is 0 Å². The summed E-state index contributed by atoms with van der Waals surface area (Å²) < 4.78 is 6.20. The van der Waals surface area contributed by atoms with Gasteiger partial charge in [-0.3, -0.25) is 14.7 Å². The molecule has 0 bridgehead atoms. The maximum atomic E-state index is 12.5. The predicted molar refractivity (Wildman–Crippen MR) is 132 cm³/mol. The summed E-state index contributed by atoms with van der Waals surface area (Å²) in [6.07, 6.45) is 3.52. The monoisotopic (exact) mass is 487 g/mol. The first-order valence-electron chi connectivity index (χ1n) is 11.9. The normalized spacial score (nSPS) is 27.9. The number of benzene rings is 2. The molecule has 0 amide bonds. The number of piperazine rings is 1. The van der Waals surface area contributed by atoms with Gasteiger partial charge in [0, 0.05) is 25.7 Å². The van der Waals surface area contributed by atoms with Gasteiger partial charge in [-0.1, -0.05) is 59.6 Å². The summed E-state index contributed by atoms with van der Waals surface area (Å²) in [5.41, 5.74) is 2.21. The van der Waals surface area contributed by atoms with Crippen molar-refractivity contribution in [1.82, 2.24) is 14.7 Å². The lowest BCUT2D eigenvalue weighted by atomic mass is 9.88. The van der Waals surface area contributed by atoms with Crippen molar-refractivity contribution < 1.29 is 9.53 Å². The number of ether oxygens (including phenoxy) is 1. The Morgan fingerprint density at radius 1 is 0.939 bits per heavy atom. The highest BCUT2D eigenvalue weighted by molar-refractivity contribution is 6.42. The Labute approximate surface area is 206 Å². The van der Waals surface area contributed by atoms with Crippen LogP contribution in [0.3, 0.4) is 0 Å². The van der Waals surface area contributed by atoms with Crippen LogP contribution >= 0.6 is 23.2 Å². The molecule has 33 heavy (non-hydrogen) atoms. The van der Waals surface area contributed by atoms with Crippen LogP contribution in [0.5, 0.6) is 0 Å². The minimum Gasteiger partial charge on any atom is -0.378 e. The Balaban J connectivity index is 1.47. The second-order valence-electron chi connectivity index (χ2n) is 9.35. The van der Waals surface area contributed by atoms with Crippen LogP contribution in [0, 0.1) is 0 Å². The van der Waals surface area contributed by atoms with E-state index < -0.39 is 0 Å². The fourth-order valence-corrected chi connectivity index (χ4v) is 6.17. The summed E-state index contributed by atoms with van der Waals surface area (Å²) in [6.45, 7) is 6.20. The number of aldehydes is 1. The van der Waals surface area contributed by atoms with Crippen LogP contribution < -0.4 is 0 Å². The number of carbonyl (C=O) groups excluding carboxylic acids is 1. The van der Waals surface area contributed by atoms with E-state index in [0.717, 1.165) is 44.6 Å². The Hall–Kier alpha value is -1.47. The molecule has 4 unspecified atom stereocenters. The number of rotatable bonds is 6. The topological polar surface area (TPSA) is 36.0 Å². The van der Waals surface area contributed by atoms with Gasteiger partial charge in [-0.2, -0.15) is 0 Å². The molecule has 3 fully saturated rings. The van der Waals surface area contributed by atoms with Crippen molar-refractivity contribution in [3.8, 4) is 0 Å². The summed E-state index contributed by atoms with van der Waals surface area (Å²) in [5, 5.41) is 1.000. The zero-order valence-electron chi connectivity index (χ0n) is 18.8. The maximum absolute atomic E-state index is 12.5. The fraction of sp³-hybridized carbons (Fsp3) is 0.500. The average molecular weight is 488 g/mol. The van der Waals surface area contributed by atoms with Crippen LogP contribution in [-0.2, 0) is 16.1 Å². The van der Waals surface area contributed by atoms with Crippen LogP contribution in [0.15, 0.2) is 48.5 Å². The fourth-order valence-electron chi connectivity index (χ4n) is 5.86. The molecule has 5 nitrogen and oxygen atoms in total. The average Bonchev–Trinajstić information content (AvgIpc) is 3.38. The van der Waals surface area contributed by atoms with Gasteiger partial charge in [-0.05, 0) is 49.2 Å². The standard InChI is InChI=1S/C26H31Cl2N3O2/c27-21-9-8-20(14-22(21)28)23(16-32)31-13-12-30(15-19-6-2-1-3-7-19)25-18-33-17-24(26(25)31)29-10-4-5-11-29/h1-3,6-9,14,16,23-26H,4-5,10-13,15,17-18H2. The molecule has 0 aromatic heterocycles. The Morgan fingerprint density at radius 2 is 1.70 bits per heavy atom. The van der Waals surface area contributed by atoms with Crippen molar-refractivity contribution >= 4 is 29.5 Å². The van der Waals surface area contributed by atoms with Crippen LogP contribution in [-0.4, -0.2) is 78.5 Å². The third kappa shape index (κ3) is 4.86. The minimum absolute atomic E-state index is 0.207. The van der Waals surface area contributed by atoms with Crippen LogP contribution in [0.1, 0.15) is 30.0 Å². The molecule has 0 saturated carbocycles. The maximum Gasteiger partial charge on any atom is 0.141 e. The molecular formula is C26H31Cl2N3O2. The molecule has 0 aliphatic carbocycles. The molecule has 2 aromatic rings. The summed E-state index contributed by atoms with van der Waals surface area (Å²) in [7, 11) is 0. The lowest BCUT2D eigenvalue weighted by molar-refractivity contribution is -0.136. The van der Waals surface area contributed by atoms with Crippen molar-refractivity contribution in [3.63, 3.8) is 0 Å². The van der Waals surface area contributed by atoms with Gasteiger partial charge in [-0.15, -0.1) is 0 Å². The zero-order valence-corrected chi connectivity index (χ0v) is 20.3. The molecule has 0 radical (unpaired) electrons. The van der Waals surface area contributed by atoms with Gasteiger partial charge in [0.1, 0.15) is 6.29 Å². The largest absolute Gasteiger partial charge is 0.378 e. The molecular weight excluding hydrogens is 457 g/mol. The summed E-state index contributed by atoms with van der Waals surface area (Å²) in [4.78, 5) is 20.0. The predicted octanol–water partition coefficient (Wildman–Crippen LogP) is 4.28. The number of nitrogens with zero attached hydrogens (tertiary/aromatic N) is 3. The van der Waals surface area contributed by atoms with Crippen molar-refractivity contribution in [3.05, 3.63) is 69.7 Å². The van der Waals surface area contributed by atoms with Crippen molar-refractivity contribution in [1.29, 1.82) is 0 Å². The van der Waals surface area contributed by atoms with Crippen LogP contribution in [0.2, 0.25) is 10.0 Å². The highest BCUT2D eigenvalue weighted by atomic mass is 35.5. The molecule has 0 N–H and O–H groups in total. The zero-order chi connectivity index (χ0) is 22.8. The number of carbonyl (C=O) groups is 1. The van der Waals surface area contributed by atoms with E-state index in [1.54, 1.807) is 6.07 Å². The van der Waals surface area contributed by atoms with E-state index in [1.807, 2.05) is 12.1 Å². The summed E-state index contributed by atoms with van der Waals surface area (Å²) in [5.74, 6) is 0. The number of hydrogen-bond donors (Lipinski definition) is 0. The van der Waals surface area contributed by atoms with Crippen molar-refractivity contribution in [2.75, 3.05) is 39.4 Å². The number of hydrogen-bond acceptors (Lipinski definition) is 5.